The van der Waals surface area contributed by atoms with Crippen LogP contribution in [-0.4, -0.2) is 4.98 Å². The Bertz CT molecular complexity index is 595. The maximum atomic E-state index is 5.43. The van der Waals surface area contributed by atoms with Gasteiger partial charge in [-0.15, -0.1) is 11.3 Å². The monoisotopic (exact) mass is 215 g/mol. The lowest BCUT2D eigenvalue weighted by molar-refractivity contribution is 0.561. The van der Waals surface area contributed by atoms with Crippen molar-refractivity contribution in [3.63, 3.8) is 0 Å². The number of fused-ring (bicyclic) bond motifs is 1. The van der Waals surface area contributed by atoms with Gasteiger partial charge in [0.25, 0.3) is 0 Å². The first-order chi connectivity index (χ1) is 7.33. The molecule has 0 N–H and O–H groups in total. The SMILES string of the molecule is Cc1nc2cc(-c3cccs3)ccc2o1. The number of oxazole rings is 1. The highest BCUT2D eigenvalue weighted by Crippen LogP contribution is 2.27. The zero-order chi connectivity index (χ0) is 10.3. The number of benzene rings is 1. The molecule has 0 radical (unpaired) electrons. The molecule has 0 aliphatic heterocycles. The summed E-state index contributed by atoms with van der Waals surface area (Å²) in [6, 6.07) is 10.3. The Labute approximate surface area is 91.2 Å². The standard InChI is InChI=1S/C12H9NOS/c1-8-13-10-7-9(4-5-11(10)14-8)12-3-2-6-15-12/h2-7H,1H3. The average Bonchev–Trinajstić information content (AvgIpc) is 2.82. The van der Waals surface area contributed by atoms with E-state index in [9.17, 15) is 0 Å². The number of aromatic nitrogens is 1. The van der Waals surface area contributed by atoms with E-state index in [2.05, 4.69) is 34.6 Å². The van der Waals surface area contributed by atoms with Gasteiger partial charge in [-0.1, -0.05) is 6.07 Å². The molecular weight excluding hydrogens is 206 g/mol. The molecule has 2 nitrogen and oxygen atoms in total. The number of rotatable bonds is 1. The molecule has 0 atom stereocenters. The lowest BCUT2D eigenvalue weighted by Crippen LogP contribution is -1.73. The van der Waals surface area contributed by atoms with Crippen molar-refractivity contribution in [1.82, 2.24) is 4.98 Å². The van der Waals surface area contributed by atoms with Crippen LogP contribution in [0.25, 0.3) is 21.5 Å². The number of hydrogen-bond donors (Lipinski definition) is 0. The highest BCUT2D eigenvalue weighted by molar-refractivity contribution is 7.13. The Morgan fingerprint density at radius 1 is 1.27 bits per heavy atom. The third-order valence-corrected chi connectivity index (χ3v) is 3.22. The molecule has 3 aromatic rings. The predicted molar refractivity (Wildman–Crippen MR) is 62.1 cm³/mol. The Balaban J connectivity index is 2.21. The molecule has 0 aliphatic carbocycles. The Morgan fingerprint density at radius 3 is 3.00 bits per heavy atom. The lowest BCUT2D eigenvalue weighted by Gasteiger charge is -1.95. The van der Waals surface area contributed by atoms with Crippen LogP contribution in [0.2, 0.25) is 0 Å². The first-order valence-electron chi connectivity index (χ1n) is 4.74. The van der Waals surface area contributed by atoms with Crippen LogP contribution < -0.4 is 0 Å². The van der Waals surface area contributed by atoms with Crippen LogP contribution in [-0.2, 0) is 0 Å². The van der Waals surface area contributed by atoms with Crippen molar-refractivity contribution < 1.29 is 4.42 Å². The quantitative estimate of drug-likeness (QED) is 0.616. The summed E-state index contributed by atoms with van der Waals surface area (Å²) in [5.74, 6) is 0.716. The fourth-order valence-corrected chi connectivity index (χ4v) is 2.36. The molecule has 0 spiro atoms. The second-order valence-corrected chi connectivity index (χ2v) is 4.34. The van der Waals surface area contributed by atoms with Gasteiger partial charge in [0.15, 0.2) is 11.5 Å². The van der Waals surface area contributed by atoms with Crippen molar-refractivity contribution >= 4 is 22.4 Å². The van der Waals surface area contributed by atoms with Crippen molar-refractivity contribution in [3.8, 4) is 10.4 Å². The van der Waals surface area contributed by atoms with E-state index in [1.807, 2.05) is 13.0 Å². The van der Waals surface area contributed by atoms with Gasteiger partial charge in [0.05, 0.1) is 0 Å². The molecule has 15 heavy (non-hydrogen) atoms. The predicted octanol–water partition coefficient (Wildman–Crippen LogP) is 3.86. The van der Waals surface area contributed by atoms with E-state index in [-0.39, 0.29) is 0 Å². The molecule has 1 aromatic carbocycles. The van der Waals surface area contributed by atoms with Crippen molar-refractivity contribution in [2.24, 2.45) is 0 Å². The van der Waals surface area contributed by atoms with Crippen molar-refractivity contribution in [2.45, 2.75) is 6.92 Å². The molecule has 3 heteroatoms. The minimum Gasteiger partial charge on any atom is -0.441 e. The second kappa shape index (κ2) is 3.21. The summed E-state index contributed by atoms with van der Waals surface area (Å²) in [5.41, 5.74) is 2.98. The number of hydrogen-bond acceptors (Lipinski definition) is 3. The maximum absolute atomic E-state index is 5.43. The van der Waals surface area contributed by atoms with E-state index in [1.165, 1.54) is 10.4 Å². The summed E-state index contributed by atoms with van der Waals surface area (Å²) in [5, 5.41) is 2.08. The lowest BCUT2D eigenvalue weighted by atomic mass is 10.2. The van der Waals surface area contributed by atoms with E-state index in [0.717, 1.165) is 11.1 Å². The molecule has 74 valence electrons. The van der Waals surface area contributed by atoms with E-state index >= 15 is 0 Å². The highest BCUT2D eigenvalue weighted by Gasteiger charge is 2.04. The van der Waals surface area contributed by atoms with E-state index in [1.54, 1.807) is 11.3 Å². The van der Waals surface area contributed by atoms with Crippen LogP contribution in [0.4, 0.5) is 0 Å². The molecule has 0 saturated heterocycles. The average molecular weight is 215 g/mol. The largest absolute Gasteiger partial charge is 0.441 e. The van der Waals surface area contributed by atoms with Crippen LogP contribution in [0, 0.1) is 6.92 Å². The molecule has 0 fully saturated rings. The molecule has 0 saturated carbocycles. The van der Waals surface area contributed by atoms with Crippen LogP contribution in [0.1, 0.15) is 5.89 Å². The summed E-state index contributed by atoms with van der Waals surface area (Å²) >= 11 is 1.73. The van der Waals surface area contributed by atoms with Gasteiger partial charge in [-0.05, 0) is 35.2 Å². The van der Waals surface area contributed by atoms with Crippen molar-refractivity contribution in [2.75, 3.05) is 0 Å². The van der Waals surface area contributed by atoms with E-state index in [4.69, 9.17) is 4.42 Å². The van der Waals surface area contributed by atoms with Crippen LogP contribution >= 0.6 is 11.3 Å². The zero-order valence-corrected chi connectivity index (χ0v) is 9.04. The van der Waals surface area contributed by atoms with Crippen molar-refractivity contribution in [1.29, 1.82) is 0 Å². The molecule has 0 amide bonds. The normalized spacial score (nSPS) is 11.0. The second-order valence-electron chi connectivity index (χ2n) is 3.39. The molecule has 0 aliphatic rings. The summed E-state index contributed by atoms with van der Waals surface area (Å²) in [4.78, 5) is 5.58. The number of aryl methyl sites for hydroxylation is 1. The molecule has 0 bridgehead atoms. The van der Waals surface area contributed by atoms with Crippen LogP contribution in [0.5, 0.6) is 0 Å². The topological polar surface area (TPSA) is 26.0 Å². The fraction of sp³-hybridized carbons (Fsp3) is 0.0833. The highest BCUT2D eigenvalue weighted by atomic mass is 32.1. The first-order valence-corrected chi connectivity index (χ1v) is 5.62. The number of nitrogens with zero attached hydrogens (tertiary/aromatic N) is 1. The third-order valence-electron chi connectivity index (χ3n) is 2.30. The van der Waals surface area contributed by atoms with E-state index in [0.29, 0.717) is 5.89 Å². The molecule has 3 rings (SSSR count). The van der Waals surface area contributed by atoms with Crippen LogP contribution in [0.3, 0.4) is 0 Å². The number of thiophene rings is 1. The molecule has 2 aromatic heterocycles. The smallest absolute Gasteiger partial charge is 0.192 e. The van der Waals surface area contributed by atoms with Crippen molar-refractivity contribution in [3.05, 3.63) is 41.6 Å². The van der Waals surface area contributed by atoms with Gasteiger partial charge in [0.1, 0.15) is 5.52 Å². The fourth-order valence-electron chi connectivity index (χ4n) is 1.64. The molecule has 2 heterocycles. The van der Waals surface area contributed by atoms with Gasteiger partial charge < -0.3 is 4.42 Å². The third kappa shape index (κ3) is 1.45. The van der Waals surface area contributed by atoms with Gasteiger partial charge in [-0.2, -0.15) is 0 Å². The minimum atomic E-state index is 0.716. The summed E-state index contributed by atoms with van der Waals surface area (Å²) in [6.07, 6.45) is 0. The Hall–Kier alpha value is -1.61. The molecule has 0 unspecified atom stereocenters. The van der Waals surface area contributed by atoms with Gasteiger partial charge in [0, 0.05) is 11.8 Å². The minimum absolute atomic E-state index is 0.716. The Morgan fingerprint density at radius 2 is 2.20 bits per heavy atom. The summed E-state index contributed by atoms with van der Waals surface area (Å²) < 4.78 is 5.43. The van der Waals surface area contributed by atoms with E-state index < -0.39 is 0 Å². The molecular formula is C12H9NOS. The Kier molecular flexibility index (Phi) is 1.86. The zero-order valence-electron chi connectivity index (χ0n) is 8.23. The first kappa shape index (κ1) is 8.68. The van der Waals surface area contributed by atoms with Crippen LogP contribution in [0.15, 0.2) is 40.1 Å². The van der Waals surface area contributed by atoms with Gasteiger partial charge in [-0.3, -0.25) is 0 Å². The maximum Gasteiger partial charge on any atom is 0.192 e. The van der Waals surface area contributed by atoms with Gasteiger partial charge in [0.2, 0.25) is 0 Å². The summed E-state index contributed by atoms with van der Waals surface area (Å²) in [6.45, 7) is 1.87. The summed E-state index contributed by atoms with van der Waals surface area (Å²) in [7, 11) is 0. The van der Waals surface area contributed by atoms with Gasteiger partial charge in [-0.25, -0.2) is 4.98 Å². The van der Waals surface area contributed by atoms with Gasteiger partial charge >= 0.3 is 0 Å².